The van der Waals surface area contributed by atoms with Gasteiger partial charge in [-0.2, -0.15) is 0 Å². The molecule has 28 heavy (non-hydrogen) atoms. The topological polar surface area (TPSA) is 131 Å². The largest absolute Gasteiger partial charge is 0.508 e. The molecule has 0 fully saturated rings. The van der Waals surface area contributed by atoms with Gasteiger partial charge >= 0.3 is 0 Å². The van der Waals surface area contributed by atoms with Crippen LogP contribution >= 0.6 is 0 Å². The molecule has 0 radical (unpaired) electrons. The molecular weight excluding hydrogens is 358 g/mol. The molecule has 1 atom stereocenters. The summed E-state index contributed by atoms with van der Waals surface area (Å²) < 4.78 is 0. The van der Waals surface area contributed by atoms with Crippen molar-refractivity contribution in [3.8, 4) is 11.5 Å². The number of aromatic hydroxyl groups is 2. The molecule has 1 amide bonds. The van der Waals surface area contributed by atoms with Crippen LogP contribution in [0.25, 0.3) is 0 Å². The van der Waals surface area contributed by atoms with Gasteiger partial charge in [-0.3, -0.25) is 10.2 Å². The zero-order valence-corrected chi connectivity index (χ0v) is 16.9. The number of phenols is 2. The van der Waals surface area contributed by atoms with E-state index in [2.05, 4.69) is 6.92 Å². The Morgan fingerprint density at radius 2 is 1.57 bits per heavy atom. The highest BCUT2D eigenvalue weighted by molar-refractivity contribution is 5.99. The van der Waals surface area contributed by atoms with Crippen LogP contribution < -0.4 is 5.73 Å². The number of rotatable bonds is 14. The Hall–Kier alpha value is -2.28. The number of carbonyl (C=O) groups excluding carboxylic acids is 1. The first kappa shape index (κ1) is 23.8. The van der Waals surface area contributed by atoms with Crippen LogP contribution in [0.4, 0.5) is 0 Å². The summed E-state index contributed by atoms with van der Waals surface area (Å²) in [7, 11) is 0. The third-order valence-corrected chi connectivity index (χ3v) is 4.80. The lowest BCUT2D eigenvalue weighted by atomic mass is 10.1. The van der Waals surface area contributed by atoms with E-state index in [1.807, 2.05) is 0 Å². The number of carbonyl (C=O) groups is 1. The van der Waals surface area contributed by atoms with Crippen molar-refractivity contribution in [3.63, 3.8) is 0 Å². The highest BCUT2D eigenvalue weighted by atomic mass is 16.3. The fourth-order valence-electron chi connectivity index (χ4n) is 3.13. The Balaban J connectivity index is 2.48. The van der Waals surface area contributed by atoms with Gasteiger partial charge in [-0.15, -0.1) is 0 Å². The average Bonchev–Trinajstić information content (AvgIpc) is 2.65. The molecule has 0 aliphatic carbocycles. The molecule has 0 heterocycles. The van der Waals surface area contributed by atoms with E-state index >= 15 is 0 Å². The van der Waals surface area contributed by atoms with Crippen LogP contribution in [0.5, 0.6) is 11.5 Å². The molecule has 0 aliphatic heterocycles. The predicted molar refractivity (Wildman–Crippen MR) is 111 cm³/mol. The zero-order chi connectivity index (χ0) is 20.9. The van der Waals surface area contributed by atoms with E-state index < -0.39 is 18.0 Å². The van der Waals surface area contributed by atoms with Gasteiger partial charge in [-0.1, -0.05) is 64.7 Å². The van der Waals surface area contributed by atoms with Crippen LogP contribution in [0.3, 0.4) is 0 Å². The van der Waals surface area contributed by atoms with Crippen molar-refractivity contribution in [2.24, 2.45) is 5.73 Å². The highest BCUT2D eigenvalue weighted by Gasteiger charge is 2.26. The van der Waals surface area contributed by atoms with Gasteiger partial charge in [-0.25, -0.2) is 0 Å². The molecule has 6 N–H and O–H groups in total. The standard InChI is InChI=1S/C21H35N3O4/c1-2-3-4-5-6-7-8-9-10-11-14-24(21(28)19(22)23)20(27)17-13-12-16(25)15-18(17)26/h12-13,15,21,25-26,28H,2-11,14H2,1H3,(H3,22,23). The van der Waals surface area contributed by atoms with Crippen molar-refractivity contribution in [1.82, 2.24) is 4.90 Å². The number of phenolic OH excluding ortho intramolecular Hbond substituents is 2. The lowest BCUT2D eigenvalue weighted by Crippen LogP contribution is -2.48. The summed E-state index contributed by atoms with van der Waals surface area (Å²) in [5, 5.41) is 36.9. The number of hydrogen-bond donors (Lipinski definition) is 5. The summed E-state index contributed by atoms with van der Waals surface area (Å²) in [6.45, 7) is 2.44. The number of nitrogens with zero attached hydrogens (tertiary/aromatic N) is 1. The molecule has 7 heteroatoms. The first-order chi connectivity index (χ1) is 13.4. The summed E-state index contributed by atoms with van der Waals surface area (Å²) in [6.07, 6.45) is 9.86. The molecule has 0 saturated carbocycles. The van der Waals surface area contributed by atoms with Gasteiger partial charge in [0.25, 0.3) is 5.91 Å². The Labute approximate surface area is 167 Å². The van der Waals surface area contributed by atoms with Crippen LogP contribution in [0.15, 0.2) is 18.2 Å². The van der Waals surface area contributed by atoms with Crippen molar-refractivity contribution in [2.45, 2.75) is 77.4 Å². The van der Waals surface area contributed by atoms with Crippen molar-refractivity contribution in [2.75, 3.05) is 6.54 Å². The highest BCUT2D eigenvalue weighted by Crippen LogP contribution is 2.24. The number of nitrogens with one attached hydrogen (secondary N) is 1. The van der Waals surface area contributed by atoms with Gasteiger partial charge in [0, 0.05) is 12.6 Å². The SMILES string of the molecule is CCCCCCCCCCCCN(C(=O)c1ccc(O)cc1O)C(O)C(=N)N. The van der Waals surface area contributed by atoms with Crippen LogP contribution in [0.1, 0.15) is 81.5 Å². The van der Waals surface area contributed by atoms with Gasteiger partial charge in [0.1, 0.15) is 17.3 Å². The van der Waals surface area contributed by atoms with E-state index in [1.165, 1.54) is 50.7 Å². The number of aliphatic hydroxyl groups is 1. The van der Waals surface area contributed by atoms with Crippen LogP contribution in [-0.2, 0) is 0 Å². The summed E-state index contributed by atoms with van der Waals surface area (Å²) in [5.74, 6) is -1.70. The summed E-state index contributed by atoms with van der Waals surface area (Å²) in [4.78, 5) is 13.8. The van der Waals surface area contributed by atoms with Gasteiger partial charge < -0.3 is 26.0 Å². The summed E-state index contributed by atoms with van der Waals surface area (Å²) in [5.41, 5.74) is 5.32. The molecule has 0 saturated heterocycles. The first-order valence-electron chi connectivity index (χ1n) is 10.2. The fourth-order valence-corrected chi connectivity index (χ4v) is 3.13. The summed E-state index contributed by atoms with van der Waals surface area (Å²) in [6, 6.07) is 3.63. The molecule has 1 unspecified atom stereocenters. The molecule has 1 rings (SSSR count). The maximum atomic E-state index is 12.7. The van der Waals surface area contributed by atoms with E-state index in [0.29, 0.717) is 6.42 Å². The molecule has 0 aliphatic rings. The number of amidine groups is 1. The Morgan fingerprint density at radius 3 is 2.07 bits per heavy atom. The lowest BCUT2D eigenvalue weighted by molar-refractivity contribution is 0.0361. The minimum absolute atomic E-state index is 0.0508. The number of benzene rings is 1. The van der Waals surface area contributed by atoms with E-state index in [4.69, 9.17) is 11.1 Å². The molecule has 1 aromatic rings. The average molecular weight is 394 g/mol. The third kappa shape index (κ3) is 8.17. The molecule has 7 nitrogen and oxygen atoms in total. The van der Waals surface area contributed by atoms with Crippen molar-refractivity contribution >= 4 is 11.7 Å². The van der Waals surface area contributed by atoms with Crippen LogP contribution in [0.2, 0.25) is 0 Å². The maximum absolute atomic E-state index is 12.7. The second-order valence-corrected chi connectivity index (χ2v) is 7.21. The smallest absolute Gasteiger partial charge is 0.259 e. The van der Waals surface area contributed by atoms with E-state index in [1.54, 1.807) is 0 Å². The number of hydrogen-bond acceptors (Lipinski definition) is 5. The molecular formula is C21H35N3O4. The molecule has 0 spiro atoms. The maximum Gasteiger partial charge on any atom is 0.259 e. The minimum Gasteiger partial charge on any atom is -0.508 e. The Morgan fingerprint density at radius 1 is 1.04 bits per heavy atom. The molecule has 158 valence electrons. The minimum atomic E-state index is -1.54. The van der Waals surface area contributed by atoms with Gasteiger partial charge in [0.05, 0.1) is 5.56 Å². The molecule has 1 aromatic carbocycles. The van der Waals surface area contributed by atoms with E-state index in [9.17, 15) is 20.1 Å². The second-order valence-electron chi connectivity index (χ2n) is 7.21. The monoisotopic (exact) mass is 393 g/mol. The van der Waals surface area contributed by atoms with E-state index in [0.717, 1.165) is 30.2 Å². The van der Waals surface area contributed by atoms with Crippen LogP contribution in [-0.4, -0.2) is 44.7 Å². The number of aliphatic hydroxyl groups excluding tert-OH is 1. The van der Waals surface area contributed by atoms with Crippen LogP contribution in [0, 0.1) is 5.41 Å². The van der Waals surface area contributed by atoms with Gasteiger partial charge in [0.15, 0.2) is 6.23 Å². The number of nitrogens with two attached hydrogens (primary N) is 1. The van der Waals surface area contributed by atoms with Gasteiger partial charge in [0.2, 0.25) is 0 Å². The number of amides is 1. The third-order valence-electron chi connectivity index (χ3n) is 4.80. The van der Waals surface area contributed by atoms with Gasteiger partial charge in [-0.05, 0) is 18.6 Å². The lowest BCUT2D eigenvalue weighted by Gasteiger charge is -2.27. The number of unbranched alkanes of at least 4 members (excludes halogenated alkanes) is 9. The van der Waals surface area contributed by atoms with Crippen molar-refractivity contribution in [3.05, 3.63) is 23.8 Å². The van der Waals surface area contributed by atoms with Crippen molar-refractivity contribution in [1.29, 1.82) is 5.41 Å². The van der Waals surface area contributed by atoms with Crippen molar-refractivity contribution < 1.29 is 20.1 Å². The molecule has 0 aromatic heterocycles. The van der Waals surface area contributed by atoms with E-state index in [-0.39, 0.29) is 23.6 Å². The Kier molecular flexibility index (Phi) is 11.0. The fraction of sp³-hybridized carbons (Fsp3) is 0.619. The molecule has 0 bridgehead atoms. The Bertz CT molecular complexity index is 622. The quantitative estimate of drug-likeness (QED) is 0.142. The predicted octanol–water partition coefficient (Wildman–Crippen LogP) is 3.72. The zero-order valence-electron chi connectivity index (χ0n) is 16.9. The summed E-state index contributed by atoms with van der Waals surface area (Å²) >= 11 is 0. The second kappa shape index (κ2) is 13.0. The first-order valence-corrected chi connectivity index (χ1v) is 10.2. The normalized spacial score (nSPS) is 11.9.